The molecule has 0 spiro atoms. The Morgan fingerprint density at radius 2 is 2.15 bits per heavy atom. The fourth-order valence-electron chi connectivity index (χ4n) is 1.24. The second-order valence-corrected chi connectivity index (χ2v) is 3.06. The third-order valence-electron chi connectivity index (χ3n) is 1.88. The van der Waals surface area contributed by atoms with E-state index in [1.54, 1.807) is 0 Å². The van der Waals surface area contributed by atoms with E-state index < -0.39 is 17.5 Å². The number of phenolic OH excluding ortho intramolecular Hbond substituents is 2. The van der Waals surface area contributed by atoms with Gasteiger partial charge in [0.15, 0.2) is 11.5 Å². The average Bonchev–Trinajstić information content (AvgIpc) is 2.44. The van der Waals surface area contributed by atoms with E-state index in [1.807, 2.05) is 0 Å². The molecule has 2 N–H and O–H groups in total. The fraction of sp³-hybridized carbons (Fsp3) is 0.125. The molecule has 1 heterocycles. The van der Waals surface area contributed by atoms with E-state index in [0.29, 0.717) is 5.56 Å². The Balaban J connectivity index is 2.77. The van der Waals surface area contributed by atoms with E-state index in [1.165, 1.54) is 6.07 Å². The lowest BCUT2D eigenvalue weighted by atomic mass is 10.1. The largest absolute Gasteiger partial charge is 0.504 e. The second-order valence-electron chi connectivity index (χ2n) is 2.66. The first-order chi connectivity index (χ1) is 6.11. The number of cyclic esters (lactones) is 1. The molecule has 4 nitrogen and oxygen atoms in total. The molecular formula is C8H5ClO4. The topological polar surface area (TPSA) is 66.8 Å². The summed E-state index contributed by atoms with van der Waals surface area (Å²) in [5.41, 5.74) is 0.381. The Morgan fingerprint density at radius 1 is 1.46 bits per heavy atom. The van der Waals surface area contributed by atoms with Gasteiger partial charge in [-0.05, 0) is 0 Å². The van der Waals surface area contributed by atoms with Crippen molar-refractivity contribution >= 4 is 17.6 Å². The van der Waals surface area contributed by atoms with Crippen molar-refractivity contribution in [1.29, 1.82) is 0 Å². The number of hydrogen-bond acceptors (Lipinski definition) is 4. The lowest BCUT2D eigenvalue weighted by Gasteiger charge is -2.02. The minimum Gasteiger partial charge on any atom is -0.504 e. The summed E-state index contributed by atoms with van der Waals surface area (Å²) in [6.07, 6.45) is 0. The van der Waals surface area contributed by atoms with Crippen LogP contribution in [0.15, 0.2) is 6.07 Å². The van der Waals surface area contributed by atoms with Crippen LogP contribution in [0.1, 0.15) is 15.9 Å². The van der Waals surface area contributed by atoms with Crippen LogP contribution >= 0.6 is 11.6 Å². The van der Waals surface area contributed by atoms with Gasteiger partial charge >= 0.3 is 5.97 Å². The molecule has 0 unspecified atom stereocenters. The van der Waals surface area contributed by atoms with E-state index in [2.05, 4.69) is 4.74 Å². The SMILES string of the molecule is O=C1OCc2c(Cl)cc(O)c(O)c21. The van der Waals surface area contributed by atoms with Crippen LogP contribution in [-0.4, -0.2) is 16.2 Å². The normalized spacial score (nSPS) is 14.1. The summed E-state index contributed by atoms with van der Waals surface area (Å²) in [4.78, 5) is 11.0. The minimum atomic E-state index is -0.662. The summed E-state index contributed by atoms with van der Waals surface area (Å²) in [5.74, 6) is -1.55. The zero-order valence-electron chi connectivity index (χ0n) is 6.37. The maximum absolute atomic E-state index is 11.0. The highest BCUT2D eigenvalue weighted by atomic mass is 35.5. The molecule has 13 heavy (non-hydrogen) atoms. The van der Waals surface area contributed by atoms with Crippen LogP contribution in [0.4, 0.5) is 0 Å². The Labute approximate surface area is 78.3 Å². The Kier molecular flexibility index (Phi) is 1.60. The van der Waals surface area contributed by atoms with Crippen LogP contribution < -0.4 is 0 Å². The van der Waals surface area contributed by atoms with Crippen molar-refractivity contribution in [2.75, 3.05) is 0 Å². The number of fused-ring (bicyclic) bond motifs is 1. The smallest absolute Gasteiger partial charge is 0.342 e. The van der Waals surface area contributed by atoms with Crippen molar-refractivity contribution in [3.8, 4) is 11.5 Å². The molecule has 1 aromatic rings. The first-order valence-corrected chi connectivity index (χ1v) is 3.89. The van der Waals surface area contributed by atoms with Crippen molar-refractivity contribution < 1.29 is 19.7 Å². The molecule has 2 rings (SSSR count). The molecule has 0 aliphatic carbocycles. The quantitative estimate of drug-likeness (QED) is 0.491. The Morgan fingerprint density at radius 3 is 2.85 bits per heavy atom. The monoisotopic (exact) mass is 200 g/mol. The van der Waals surface area contributed by atoms with Crippen LogP contribution in [0.5, 0.6) is 11.5 Å². The number of benzene rings is 1. The second kappa shape index (κ2) is 2.53. The number of halogens is 1. The maximum atomic E-state index is 11.0. The van der Waals surface area contributed by atoms with E-state index in [4.69, 9.17) is 16.7 Å². The van der Waals surface area contributed by atoms with E-state index in [-0.39, 0.29) is 17.2 Å². The van der Waals surface area contributed by atoms with Gasteiger partial charge in [0.25, 0.3) is 0 Å². The highest BCUT2D eigenvalue weighted by Crippen LogP contribution is 2.40. The molecule has 1 aliphatic heterocycles. The number of hydrogen-bond donors (Lipinski definition) is 2. The van der Waals surface area contributed by atoms with Gasteiger partial charge in [-0.15, -0.1) is 0 Å². The van der Waals surface area contributed by atoms with Crippen molar-refractivity contribution in [3.63, 3.8) is 0 Å². The lowest BCUT2D eigenvalue weighted by molar-refractivity contribution is 0.0533. The van der Waals surface area contributed by atoms with Gasteiger partial charge in [-0.3, -0.25) is 0 Å². The van der Waals surface area contributed by atoms with Crippen LogP contribution in [0, 0.1) is 0 Å². The lowest BCUT2D eigenvalue weighted by Crippen LogP contribution is -1.94. The van der Waals surface area contributed by atoms with E-state index >= 15 is 0 Å². The number of rotatable bonds is 0. The third kappa shape index (κ3) is 1.02. The first kappa shape index (κ1) is 8.19. The zero-order chi connectivity index (χ0) is 9.59. The number of esters is 1. The molecule has 0 fully saturated rings. The number of phenols is 2. The van der Waals surface area contributed by atoms with Gasteiger partial charge in [0.2, 0.25) is 0 Å². The molecule has 0 bridgehead atoms. The fourth-order valence-corrected chi connectivity index (χ4v) is 1.49. The van der Waals surface area contributed by atoms with Crippen molar-refractivity contribution in [2.24, 2.45) is 0 Å². The molecule has 0 amide bonds. The van der Waals surface area contributed by atoms with Gasteiger partial charge in [-0.1, -0.05) is 11.6 Å². The summed E-state index contributed by atoms with van der Waals surface area (Å²) in [6, 6.07) is 1.18. The van der Waals surface area contributed by atoms with Gasteiger partial charge in [-0.2, -0.15) is 0 Å². The maximum Gasteiger partial charge on any atom is 0.342 e. The summed E-state index contributed by atoms with van der Waals surface area (Å²) in [5, 5.41) is 18.7. The molecule has 0 radical (unpaired) electrons. The summed E-state index contributed by atoms with van der Waals surface area (Å²) in [6.45, 7) is 0.0425. The van der Waals surface area contributed by atoms with Crippen LogP contribution in [0.3, 0.4) is 0 Å². The van der Waals surface area contributed by atoms with E-state index in [0.717, 1.165) is 0 Å². The predicted molar refractivity (Wildman–Crippen MR) is 43.9 cm³/mol. The van der Waals surface area contributed by atoms with Crippen LogP contribution in [0.2, 0.25) is 5.02 Å². The average molecular weight is 201 g/mol. The van der Waals surface area contributed by atoms with Crippen molar-refractivity contribution in [2.45, 2.75) is 6.61 Å². The molecule has 68 valence electrons. The van der Waals surface area contributed by atoms with E-state index in [9.17, 15) is 9.90 Å². The number of carbonyl (C=O) groups excluding carboxylic acids is 1. The minimum absolute atomic E-state index is 0.0370. The van der Waals surface area contributed by atoms with Gasteiger partial charge in [0.1, 0.15) is 12.2 Å². The Bertz CT molecular complexity index is 400. The van der Waals surface area contributed by atoms with Gasteiger partial charge < -0.3 is 14.9 Å². The van der Waals surface area contributed by atoms with Crippen molar-refractivity contribution in [1.82, 2.24) is 0 Å². The standard InChI is InChI=1S/C8H5ClO4/c9-4-1-5(10)7(11)6-3(4)2-13-8(6)12/h1,10-11H,2H2. The predicted octanol–water partition coefficient (Wildman–Crippen LogP) is 1.42. The molecule has 0 atom stereocenters. The first-order valence-electron chi connectivity index (χ1n) is 3.51. The summed E-state index contributed by atoms with van der Waals surface area (Å²) < 4.78 is 4.65. The molecule has 1 aliphatic rings. The number of carbonyl (C=O) groups is 1. The zero-order valence-corrected chi connectivity index (χ0v) is 7.13. The third-order valence-corrected chi connectivity index (χ3v) is 2.22. The molecule has 5 heteroatoms. The molecule has 1 aromatic carbocycles. The molecule has 0 saturated carbocycles. The number of ether oxygens (including phenoxy) is 1. The molecular weight excluding hydrogens is 196 g/mol. The van der Waals surface area contributed by atoms with Gasteiger partial charge in [-0.25, -0.2) is 4.79 Å². The Hall–Kier alpha value is -1.42. The molecule has 0 aromatic heterocycles. The van der Waals surface area contributed by atoms with Crippen molar-refractivity contribution in [3.05, 3.63) is 22.2 Å². The molecule has 0 saturated heterocycles. The highest BCUT2D eigenvalue weighted by Gasteiger charge is 2.29. The summed E-state index contributed by atoms with van der Waals surface area (Å²) in [7, 11) is 0. The van der Waals surface area contributed by atoms with Gasteiger partial charge in [0.05, 0.1) is 5.02 Å². The summed E-state index contributed by atoms with van der Waals surface area (Å²) >= 11 is 5.71. The number of aromatic hydroxyl groups is 2. The highest BCUT2D eigenvalue weighted by molar-refractivity contribution is 6.32. The van der Waals surface area contributed by atoms with Crippen LogP contribution in [-0.2, 0) is 11.3 Å². The van der Waals surface area contributed by atoms with Gasteiger partial charge in [0, 0.05) is 11.6 Å². The van der Waals surface area contributed by atoms with Crippen LogP contribution in [0.25, 0.3) is 0 Å².